The van der Waals surface area contributed by atoms with Crippen molar-refractivity contribution in [1.29, 1.82) is 0 Å². The van der Waals surface area contributed by atoms with Gasteiger partial charge in [-0.15, -0.1) is 0 Å². The minimum absolute atomic E-state index is 0.657. The zero-order valence-electron chi connectivity index (χ0n) is 10.9. The maximum atomic E-state index is 4.12. The molecular formula is C15H18N4. The van der Waals surface area contributed by atoms with Crippen LogP contribution >= 0.6 is 0 Å². The predicted octanol–water partition coefficient (Wildman–Crippen LogP) is 2.84. The molecule has 0 amide bonds. The summed E-state index contributed by atoms with van der Waals surface area (Å²) >= 11 is 0. The van der Waals surface area contributed by atoms with E-state index in [0.717, 1.165) is 25.8 Å². The van der Waals surface area contributed by atoms with Gasteiger partial charge in [0.1, 0.15) is 12.7 Å². The van der Waals surface area contributed by atoms with Crippen LogP contribution in [0.2, 0.25) is 0 Å². The van der Waals surface area contributed by atoms with Crippen LogP contribution in [-0.4, -0.2) is 21.5 Å². The summed E-state index contributed by atoms with van der Waals surface area (Å²) in [5.41, 5.74) is 1.38. The van der Waals surface area contributed by atoms with Crippen LogP contribution in [0, 0.1) is 0 Å². The van der Waals surface area contributed by atoms with Gasteiger partial charge in [-0.1, -0.05) is 36.9 Å². The molecule has 4 heteroatoms. The lowest BCUT2D eigenvalue weighted by Gasteiger charge is -2.16. The van der Waals surface area contributed by atoms with Crippen LogP contribution in [-0.2, 0) is 6.42 Å². The summed E-state index contributed by atoms with van der Waals surface area (Å²) < 4.78 is 0. The Labute approximate surface area is 113 Å². The Morgan fingerprint density at radius 1 is 1.05 bits per heavy atom. The third kappa shape index (κ3) is 4.17. The lowest BCUT2D eigenvalue weighted by molar-refractivity contribution is 0.719. The molecule has 0 spiro atoms. The van der Waals surface area contributed by atoms with Gasteiger partial charge >= 0.3 is 0 Å². The van der Waals surface area contributed by atoms with E-state index in [1.165, 1.54) is 18.2 Å². The molecule has 0 bridgehead atoms. The van der Waals surface area contributed by atoms with Gasteiger partial charge in [-0.25, -0.2) is 15.0 Å². The van der Waals surface area contributed by atoms with E-state index < -0.39 is 0 Å². The fourth-order valence-electron chi connectivity index (χ4n) is 1.91. The standard InChI is InChI=1S/C15H18N4/c1-2-19(15-17-12-16-13-18-15)11-7-6-10-14-8-4-3-5-9-14/h2-5,8-9,12-13H,1,6-7,10-11H2. The van der Waals surface area contributed by atoms with Gasteiger partial charge in [0.05, 0.1) is 0 Å². The molecule has 19 heavy (non-hydrogen) atoms. The second kappa shape index (κ2) is 7.26. The molecule has 0 atom stereocenters. The molecule has 0 saturated carbocycles. The van der Waals surface area contributed by atoms with Crippen LogP contribution in [0.4, 0.5) is 5.95 Å². The van der Waals surface area contributed by atoms with Gasteiger partial charge in [-0.2, -0.15) is 0 Å². The molecule has 1 aromatic carbocycles. The number of anilines is 1. The molecule has 0 aliphatic carbocycles. The number of unbranched alkanes of at least 4 members (excludes halogenated alkanes) is 1. The molecule has 4 nitrogen and oxygen atoms in total. The van der Waals surface area contributed by atoms with Gasteiger partial charge < -0.3 is 4.90 Å². The van der Waals surface area contributed by atoms with Gasteiger partial charge in [0, 0.05) is 6.54 Å². The van der Waals surface area contributed by atoms with E-state index >= 15 is 0 Å². The van der Waals surface area contributed by atoms with Crippen molar-refractivity contribution in [1.82, 2.24) is 15.0 Å². The number of aromatic nitrogens is 3. The van der Waals surface area contributed by atoms with Crippen molar-refractivity contribution < 1.29 is 0 Å². The first-order valence-electron chi connectivity index (χ1n) is 6.45. The van der Waals surface area contributed by atoms with Gasteiger partial charge in [-0.05, 0) is 31.0 Å². The lowest BCUT2D eigenvalue weighted by atomic mass is 10.1. The van der Waals surface area contributed by atoms with Crippen LogP contribution in [0.5, 0.6) is 0 Å². The highest BCUT2D eigenvalue weighted by molar-refractivity contribution is 5.31. The third-order valence-electron chi connectivity index (χ3n) is 2.91. The van der Waals surface area contributed by atoms with E-state index in [-0.39, 0.29) is 0 Å². The topological polar surface area (TPSA) is 41.9 Å². The highest BCUT2D eigenvalue weighted by Gasteiger charge is 2.04. The van der Waals surface area contributed by atoms with Crippen molar-refractivity contribution in [2.45, 2.75) is 19.3 Å². The largest absolute Gasteiger partial charge is 0.318 e. The van der Waals surface area contributed by atoms with Crippen LogP contribution in [0.1, 0.15) is 18.4 Å². The number of rotatable bonds is 7. The third-order valence-corrected chi connectivity index (χ3v) is 2.91. The van der Waals surface area contributed by atoms with Crippen LogP contribution in [0.3, 0.4) is 0 Å². The second-order valence-electron chi connectivity index (χ2n) is 4.26. The monoisotopic (exact) mass is 254 g/mol. The molecular weight excluding hydrogens is 236 g/mol. The van der Waals surface area contributed by atoms with E-state index in [4.69, 9.17) is 0 Å². The first-order chi connectivity index (χ1) is 9.40. The van der Waals surface area contributed by atoms with Gasteiger partial charge in [0.15, 0.2) is 0 Å². The molecule has 98 valence electrons. The average Bonchev–Trinajstić information content (AvgIpc) is 2.49. The molecule has 0 unspecified atom stereocenters. The molecule has 0 radical (unpaired) electrons. The molecule has 0 aliphatic rings. The summed E-state index contributed by atoms with van der Waals surface area (Å²) in [5, 5.41) is 0. The smallest absolute Gasteiger partial charge is 0.232 e. The highest BCUT2D eigenvalue weighted by Crippen LogP contribution is 2.09. The fourth-order valence-corrected chi connectivity index (χ4v) is 1.91. The van der Waals surface area contributed by atoms with Crippen molar-refractivity contribution in [2.75, 3.05) is 11.4 Å². The Morgan fingerprint density at radius 2 is 1.79 bits per heavy atom. The zero-order valence-corrected chi connectivity index (χ0v) is 10.9. The summed E-state index contributed by atoms with van der Waals surface area (Å²) in [5.74, 6) is 0.657. The molecule has 1 aromatic heterocycles. The van der Waals surface area contributed by atoms with Crippen molar-refractivity contribution in [3.05, 3.63) is 61.3 Å². The minimum Gasteiger partial charge on any atom is -0.318 e. The SMILES string of the molecule is C=CN(CCCCc1ccccc1)c1ncncn1. The number of nitrogens with zero attached hydrogens (tertiary/aromatic N) is 4. The van der Waals surface area contributed by atoms with Crippen molar-refractivity contribution in [3.8, 4) is 0 Å². The lowest BCUT2D eigenvalue weighted by Crippen LogP contribution is -2.19. The van der Waals surface area contributed by atoms with E-state index in [0.29, 0.717) is 5.95 Å². The summed E-state index contributed by atoms with van der Waals surface area (Å²) in [7, 11) is 0. The quantitative estimate of drug-likeness (QED) is 0.712. The second-order valence-corrected chi connectivity index (χ2v) is 4.26. The number of aryl methyl sites for hydroxylation is 1. The molecule has 2 aromatic rings. The maximum Gasteiger partial charge on any atom is 0.232 e. The Kier molecular flexibility index (Phi) is 5.05. The molecule has 0 saturated heterocycles. The summed E-state index contributed by atoms with van der Waals surface area (Å²) in [6.45, 7) is 4.68. The first-order valence-corrected chi connectivity index (χ1v) is 6.45. The Morgan fingerprint density at radius 3 is 2.47 bits per heavy atom. The van der Waals surface area contributed by atoms with Crippen LogP contribution in [0.15, 0.2) is 55.8 Å². The Bertz CT molecular complexity index is 484. The molecule has 0 N–H and O–H groups in total. The van der Waals surface area contributed by atoms with Gasteiger partial charge in [0.2, 0.25) is 5.95 Å². The molecule has 0 aliphatic heterocycles. The summed E-state index contributed by atoms with van der Waals surface area (Å²) in [6, 6.07) is 10.5. The number of hydrogen-bond acceptors (Lipinski definition) is 4. The van der Waals surface area contributed by atoms with E-state index in [1.807, 2.05) is 11.0 Å². The molecule has 1 heterocycles. The van der Waals surface area contributed by atoms with E-state index in [2.05, 4.69) is 45.8 Å². The van der Waals surface area contributed by atoms with Gasteiger partial charge in [-0.3, -0.25) is 0 Å². The van der Waals surface area contributed by atoms with Gasteiger partial charge in [0.25, 0.3) is 0 Å². The minimum atomic E-state index is 0.657. The van der Waals surface area contributed by atoms with E-state index in [9.17, 15) is 0 Å². The highest BCUT2D eigenvalue weighted by atomic mass is 15.2. The average molecular weight is 254 g/mol. The maximum absolute atomic E-state index is 4.12. The number of benzene rings is 1. The number of hydrogen-bond donors (Lipinski definition) is 0. The van der Waals surface area contributed by atoms with Crippen LogP contribution < -0.4 is 4.90 Å². The summed E-state index contributed by atoms with van der Waals surface area (Å²) in [6.07, 6.45) is 8.08. The first kappa shape index (κ1) is 13.2. The Balaban J connectivity index is 1.77. The van der Waals surface area contributed by atoms with E-state index in [1.54, 1.807) is 6.20 Å². The normalized spacial score (nSPS) is 10.1. The van der Waals surface area contributed by atoms with Crippen molar-refractivity contribution in [3.63, 3.8) is 0 Å². The van der Waals surface area contributed by atoms with Crippen molar-refractivity contribution in [2.24, 2.45) is 0 Å². The molecule has 2 rings (SSSR count). The van der Waals surface area contributed by atoms with Crippen molar-refractivity contribution >= 4 is 5.95 Å². The summed E-state index contributed by atoms with van der Waals surface area (Å²) in [4.78, 5) is 14.0. The van der Waals surface area contributed by atoms with Crippen LogP contribution in [0.25, 0.3) is 0 Å². The zero-order chi connectivity index (χ0) is 13.3. The molecule has 0 fully saturated rings. The predicted molar refractivity (Wildman–Crippen MR) is 76.8 cm³/mol. The fraction of sp³-hybridized carbons (Fsp3) is 0.267. The Hall–Kier alpha value is -2.23.